The molecule has 0 aliphatic heterocycles. The fourth-order valence-corrected chi connectivity index (χ4v) is 2.67. The molecule has 0 spiro atoms. The van der Waals surface area contributed by atoms with Crippen LogP contribution in [0.5, 0.6) is 0 Å². The van der Waals surface area contributed by atoms with Gasteiger partial charge in [-0.3, -0.25) is 0 Å². The Hall–Kier alpha value is -1.95. The van der Waals surface area contributed by atoms with E-state index >= 15 is 0 Å². The first kappa shape index (κ1) is 12.1. The molecule has 0 fully saturated rings. The Labute approximate surface area is 115 Å². The quantitative estimate of drug-likeness (QED) is 0.729. The van der Waals surface area contributed by atoms with E-state index in [4.69, 9.17) is 5.73 Å². The van der Waals surface area contributed by atoms with Crippen LogP contribution in [-0.4, -0.2) is 19.8 Å². The number of anilines is 1. The lowest BCUT2D eigenvalue weighted by molar-refractivity contribution is 0.802. The third kappa shape index (κ3) is 1.98. The second kappa shape index (κ2) is 4.31. The van der Waals surface area contributed by atoms with Crippen molar-refractivity contribution in [2.24, 2.45) is 0 Å². The van der Waals surface area contributed by atoms with Gasteiger partial charge in [-0.15, -0.1) is 10.2 Å². The number of benzene rings is 1. The molecule has 0 radical (unpaired) electrons. The zero-order valence-electron chi connectivity index (χ0n) is 11.1. The molecule has 3 rings (SSSR count). The van der Waals surface area contributed by atoms with Crippen LogP contribution < -0.4 is 5.73 Å². The maximum Gasteiger partial charge on any atom is 0.234 e. The van der Waals surface area contributed by atoms with Crippen LogP contribution in [0, 0.1) is 6.92 Å². The van der Waals surface area contributed by atoms with Gasteiger partial charge in [-0.25, -0.2) is 0 Å². The Morgan fingerprint density at radius 3 is 2.74 bits per heavy atom. The summed E-state index contributed by atoms with van der Waals surface area (Å²) >= 11 is 1.58. The predicted octanol–water partition coefficient (Wildman–Crippen LogP) is 2.87. The number of hydrogen-bond acceptors (Lipinski definition) is 5. The number of aryl methyl sites for hydroxylation is 1. The minimum atomic E-state index is 0.391. The van der Waals surface area contributed by atoms with Crippen LogP contribution in [0.3, 0.4) is 0 Å². The number of rotatable bonds is 2. The highest BCUT2D eigenvalue weighted by atomic mass is 32.1. The summed E-state index contributed by atoms with van der Waals surface area (Å²) in [6.45, 7) is 6.22. The third-order valence-corrected chi connectivity index (χ3v) is 4.24. The monoisotopic (exact) mass is 273 g/mol. The van der Waals surface area contributed by atoms with Crippen LogP contribution in [-0.2, 0) is 0 Å². The highest BCUT2D eigenvalue weighted by molar-refractivity contribution is 7.16. The van der Waals surface area contributed by atoms with Gasteiger partial charge in [0.2, 0.25) is 4.96 Å². The van der Waals surface area contributed by atoms with Crippen molar-refractivity contribution in [1.82, 2.24) is 19.8 Å². The van der Waals surface area contributed by atoms with Gasteiger partial charge < -0.3 is 5.73 Å². The number of hydrogen-bond donors (Lipinski definition) is 1. The van der Waals surface area contributed by atoms with Crippen molar-refractivity contribution in [3.8, 4) is 11.4 Å². The summed E-state index contributed by atoms with van der Waals surface area (Å²) in [5.41, 5.74) is 8.71. The van der Waals surface area contributed by atoms with E-state index < -0.39 is 0 Å². The molecule has 0 unspecified atom stereocenters. The molecule has 0 aliphatic rings. The van der Waals surface area contributed by atoms with Crippen molar-refractivity contribution in [2.75, 3.05) is 5.73 Å². The third-order valence-electron chi connectivity index (χ3n) is 3.04. The molecule has 0 aliphatic carbocycles. The maximum absolute atomic E-state index is 5.95. The molecule has 0 amide bonds. The van der Waals surface area contributed by atoms with Gasteiger partial charge in [0.1, 0.15) is 5.01 Å². The molecular formula is C13H15N5S. The maximum atomic E-state index is 5.95. The summed E-state index contributed by atoms with van der Waals surface area (Å²) in [4.78, 5) is 0.817. The molecular weight excluding hydrogens is 258 g/mol. The molecule has 0 saturated carbocycles. The Morgan fingerprint density at radius 1 is 1.26 bits per heavy atom. The number of aromatic nitrogens is 4. The molecule has 2 heterocycles. The summed E-state index contributed by atoms with van der Waals surface area (Å²) < 4.78 is 1.80. The van der Waals surface area contributed by atoms with Crippen molar-refractivity contribution >= 4 is 22.0 Å². The minimum absolute atomic E-state index is 0.391. The van der Waals surface area contributed by atoms with Crippen LogP contribution in [0.1, 0.15) is 30.3 Å². The van der Waals surface area contributed by atoms with E-state index in [-0.39, 0.29) is 0 Å². The van der Waals surface area contributed by atoms with Gasteiger partial charge in [0.05, 0.1) is 0 Å². The van der Waals surface area contributed by atoms with E-state index in [1.165, 1.54) is 0 Å². The van der Waals surface area contributed by atoms with Gasteiger partial charge in [-0.2, -0.15) is 9.61 Å². The molecule has 2 aromatic heterocycles. The first-order chi connectivity index (χ1) is 9.06. The fourth-order valence-electron chi connectivity index (χ4n) is 1.82. The summed E-state index contributed by atoms with van der Waals surface area (Å²) in [5, 5.41) is 14.0. The average molecular weight is 273 g/mol. The second-order valence-corrected chi connectivity index (χ2v) is 5.87. The zero-order chi connectivity index (χ0) is 13.6. The van der Waals surface area contributed by atoms with E-state index in [1.807, 2.05) is 25.1 Å². The fraction of sp³-hybridized carbons (Fsp3) is 0.308. The van der Waals surface area contributed by atoms with Crippen LogP contribution in [0.4, 0.5) is 5.69 Å². The van der Waals surface area contributed by atoms with E-state index in [0.717, 1.165) is 32.6 Å². The molecule has 0 bridgehead atoms. The van der Waals surface area contributed by atoms with Gasteiger partial charge in [-0.05, 0) is 18.6 Å². The highest BCUT2D eigenvalue weighted by Crippen LogP contribution is 2.26. The van der Waals surface area contributed by atoms with E-state index in [2.05, 4.69) is 29.1 Å². The van der Waals surface area contributed by atoms with Gasteiger partial charge in [0, 0.05) is 17.2 Å². The predicted molar refractivity (Wildman–Crippen MR) is 77.3 cm³/mol. The molecule has 2 N–H and O–H groups in total. The van der Waals surface area contributed by atoms with Crippen LogP contribution in [0.15, 0.2) is 18.2 Å². The van der Waals surface area contributed by atoms with Gasteiger partial charge in [0.25, 0.3) is 0 Å². The molecule has 1 aromatic carbocycles. The van der Waals surface area contributed by atoms with Gasteiger partial charge >= 0.3 is 0 Å². The summed E-state index contributed by atoms with van der Waals surface area (Å²) in [7, 11) is 0. The lowest BCUT2D eigenvalue weighted by Gasteiger charge is -2.02. The Morgan fingerprint density at radius 2 is 2.05 bits per heavy atom. The van der Waals surface area contributed by atoms with Crippen molar-refractivity contribution in [2.45, 2.75) is 26.7 Å². The molecule has 98 valence electrons. The second-order valence-electron chi connectivity index (χ2n) is 4.88. The van der Waals surface area contributed by atoms with Crippen LogP contribution in [0.2, 0.25) is 0 Å². The molecule has 0 saturated heterocycles. The molecule has 0 atom stereocenters. The van der Waals surface area contributed by atoms with E-state index in [1.54, 1.807) is 15.9 Å². The van der Waals surface area contributed by atoms with Gasteiger partial charge in [-0.1, -0.05) is 37.3 Å². The van der Waals surface area contributed by atoms with Crippen LogP contribution >= 0.6 is 11.3 Å². The molecule has 5 nitrogen and oxygen atoms in total. The number of nitrogen functional groups attached to an aromatic ring is 1. The van der Waals surface area contributed by atoms with Crippen molar-refractivity contribution < 1.29 is 0 Å². The highest BCUT2D eigenvalue weighted by Gasteiger charge is 2.15. The average Bonchev–Trinajstić information content (AvgIpc) is 2.92. The van der Waals surface area contributed by atoms with Crippen molar-refractivity contribution in [3.63, 3.8) is 0 Å². The number of fused-ring (bicyclic) bond motifs is 1. The zero-order valence-corrected chi connectivity index (χ0v) is 11.9. The number of nitrogens with two attached hydrogens (primary N) is 1. The van der Waals surface area contributed by atoms with Crippen LogP contribution in [0.25, 0.3) is 16.3 Å². The molecule has 6 heteroatoms. The summed E-state index contributed by atoms with van der Waals surface area (Å²) in [6.07, 6.45) is 0. The number of nitrogens with zero attached hydrogens (tertiary/aromatic N) is 4. The molecule has 3 aromatic rings. The van der Waals surface area contributed by atoms with Crippen molar-refractivity contribution in [3.05, 3.63) is 28.8 Å². The normalized spacial score (nSPS) is 11.6. The van der Waals surface area contributed by atoms with Crippen molar-refractivity contribution in [1.29, 1.82) is 0 Å². The van der Waals surface area contributed by atoms with E-state index in [9.17, 15) is 0 Å². The lowest BCUT2D eigenvalue weighted by atomic mass is 10.1. The molecule has 19 heavy (non-hydrogen) atoms. The smallest absolute Gasteiger partial charge is 0.234 e. The largest absolute Gasteiger partial charge is 0.398 e. The Kier molecular flexibility index (Phi) is 2.74. The first-order valence-corrected chi connectivity index (χ1v) is 6.96. The topological polar surface area (TPSA) is 69.1 Å². The van der Waals surface area contributed by atoms with E-state index in [0.29, 0.717) is 5.92 Å². The first-order valence-electron chi connectivity index (χ1n) is 6.15. The minimum Gasteiger partial charge on any atom is -0.398 e. The SMILES string of the molecule is Cc1ccc(-c2nnc3sc(C(C)C)nn23)cc1N. The van der Waals surface area contributed by atoms with Gasteiger partial charge in [0.15, 0.2) is 5.82 Å². The lowest BCUT2D eigenvalue weighted by Crippen LogP contribution is -1.95. The summed E-state index contributed by atoms with van der Waals surface area (Å²) in [5.74, 6) is 1.13. The standard InChI is InChI=1S/C13H15N5S/c1-7(2)12-17-18-11(15-16-13(18)19-12)9-5-4-8(3)10(14)6-9/h4-7H,14H2,1-3H3. The Bertz CT molecular complexity index is 741. The Balaban J connectivity index is 2.16. The summed E-state index contributed by atoms with van der Waals surface area (Å²) in [6, 6.07) is 5.90.